The normalized spacial score (nSPS) is 12.6. The molecule has 0 spiro atoms. The Labute approximate surface area is 121 Å². The van der Waals surface area contributed by atoms with Crippen LogP contribution in [-0.2, 0) is 12.8 Å². The molecule has 1 aromatic heterocycles. The molecule has 1 heterocycles. The van der Waals surface area contributed by atoms with Gasteiger partial charge in [-0.15, -0.1) is 11.3 Å². The zero-order chi connectivity index (χ0) is 14.4. The zero-order valence-corrected chi connectivity index (χ0v) is 11.9. The monoisotopic (exact) mass is 296 g/mol. The third-order valence-electron chi connectivity index (χ3n) is 3.27. The third kappa shape index (κ3) is 4.37. The number of hydrogen-bond donors (Lipinski definition) is 2. The Morgan fingerprint density at radius 1 is 1.25 bits per heavy atom. The summed E-state index contributed by atoms with van der Waals surface area (Å²) in [6, 6.07) is 7.80. The van der Waals surface area contributed by atoms with Gasteiger partial charge in [-0.2, -0.15) is 0 Å². The van der Waals surface area contributed by atoms with Crippen LogP contribution < -0.4 is 11.3 Å². The molecule has 1 atom stereocenters. The van der Waals surface area contributed by atoms with Crippen LogP contribution in [0.25, 0.3) is 0 Å². The lowest BCUT2D eigenvalue weighted by atomic mass is 10.0. The first kappa shape index (κ1) is 15.1. The van der Waals surface area contributed by atoms with Crippen molar-refractivity contribution >= 4 is 11.3 Å². The largest absolute Gasteiger partial charge is 0.271 e. The van der Waals surface area contributed by atoms with Gasteiger partial charge in [-0.05, 0) is 48.8 Å². The first-order valence-electron chi connectivity index (χ1n) is 6.61. The number of halogens is 2. The van der Waals surface area contributed by atoms with Crippen LogP contribution in [0.2, 0.25) is 0 Å². The third-order valence-corrected chi connectivity index (χ3v) is 4.21. The average Bonchev–Trinajstić information content (AvgIpc) is 2.93. The van der Waals surface area contributed by atoms with E-state index >= 15 is 0 Å². The molecule has 0 fully saturated rings. The molecule has 0 amide bonds. The summed E-state index contributed by atoms with van der Waals surface area (Å²) in [7, 11) is 0. The average molecular weight is 296 g/mol. The standard InChI is InChI=1S/C15H18F2N2S/c16-12-7-6-11(15(17)10-12)9-13(19-18)3-1-4-14-5-2-8-20-14/h2,5-8,10,13,19H,1,3-4,9,18H2. The molecule has 0 aliphatic carbocycles. The second-order valence-corrected chi connectivity index (χ2v) is 5.81. The molecule has 108 valence electrons. The van der Waals surface area contributed by atoms with Crippen LogP contribution in [0.4, 0.5) is 8.78 Å². The fourth-order valence-corrected chi connectivity index (χ4v) is 2.93. The van der Waals surface area contributed by atoms with Crippen LogP contribution in [0, 0.1) is 11.6 Å². The molecule has 2 rings (SSSR count). The van der Waals surface area contributed by atoms with Crippen LogP contribution in [0.1, 0.15) is 23.3 Å². The lowest BCUT2D eigenvalue weighted by molar-refractivity contribution is 0.466. The molecule has 2 nitrogen and oxygen atoms in total. The fourth-order valence-electron chi connectivity index (χ4n) is 2.17. The Bertz CT molecular complexity index is 529. The summed E-state index contributed by atoms with van der Waals surface area (Å²) in [4.78, 5) is 1.34. The summed E-state index contributed by atoms with van der Waals surface area (Å²) in [5.41, 5.74) is 3.21. The van der Waals surface area contributed by atoms with E-state index in [1.54, 1.807) is 11.3 Å². The Morgan fingerprint density at radius 3 is 2.75 bits per heavy atom. The molecule has 0 saturated heterocycles. The first-order chi connectivity index (χ1) is 9.69. The van der Waals surface area contributed by atoms with E-state index in [0.29, 0.717) is 12.0 Å². The van der Waals surface area contributed by atoms with E-state index in [1.807, 2.05) is 6.07 Å². The summed E-state index contributed by atoms with van der Waals surface area (Å²) in [6.45, 7) is 0. The van der Waals surface area contributed by atoms with Crippen molar-refractivity contribution in [1.82, 2.24) is 5.43 Å². The van der Waals surface area contributed by atoms with Gasteiger partial charge < -0.3 is 0 Å². The molecule has 20 heavy (non-hydrogen) atoms. The molecule has 1 unspecified atom stereocenters. The Morgan fingerprint density at radius 2 is 2.10 bits per heavy atom. The van der Waals surface area contributed by atoms with Gasteiger partial charge in [-0.25, -0.2) is 8.78 Å². The van der Waals surface area contributed by atoms with Crippen LogP contribution in [0.15, 0.2) is 35.7 Å². The maximum absolute atomic E-state index is 13.6. The van der Waals surface area contributed by atoms with Gasteiger partial charge in [0.2, 0.25) is 0 Å². The predicted octanol–water partition coefficient (Wildman–Crippen LogP) is 3.42. The highest BCUT2D eigenvalue weighted by Crippen LogP contribution is 2.16. The zero-order valence-electron chi connectivity index (χ0n) is 11.1. The molecular formula is C15H18F2N2S. The molecule has 1 aromatic carbocycles. The maximum Gasteiger partial charge on any atom is 0.129 e. The predicted molar refractivity (Wildman–Crippen MR) is 78.4 cm³/mol. The summed E-state index contributed by atoms with van der Waals surface area (Å²) in [5.74, 6) is 4.45. The minimum Gasteiger partial charge on any atom is -0.271 e. The highest BCUT2D eigenvalue weighted by molar-refractivity contribution is 7.09. The van der Waals surface area contributed by atoms with Crippen LogP contribution in [-0.4, -0.2) is 6.04 Å². The van der Waals surface area contributed by atoms with E-state index in [4.69, 9.17) is 5.84 Å². The molecule has 2 aromatic rings. The van der Waals surface area contributed by atoms with E-state index in [2.05, 4.69) is 16.9 Å². The van der Waals surface area contributed by atoms with E-state index in [0.717, 1.165) is 25.3 Å². The van der Waals surface area contributed by atoms with Crippen molar-refractivity contribution in [1.29, 1.82) is 0 Å². The Hall–Kier alpha value is -1.30. The second kappa shape index (κ2) is 7.47. The molecule has 0 aliphatic rings. The van der Waals surface area contributed by atoms with Crippen molar-refractivity contribution in [2.24, 2.45) is 5.84 Å². The van der Waals surface area contributed by atoms with Crippen molar-refractivity contribution in [2.45, 2.75) is 31.7 Å². The number of hydrogen-bond acceptors (Lipinski definition) is 3. The van der Waals surface area contributed by atoms with Gasteiger partial charge in [-0.3, -0.25) is 11.3 Å². The van der Waals surface area contributed by atoms with E-state index < -0.39 is 11.6 Å². The molecule has 0 radical (unpaired) electrons. The lowest BCUT2D eigenvalue weighted by Crippen LogP contribution is -2.37. The molecule has 0 bridgehead atoms. The SMILES string of the molecule is NNC(CCCc1cccs1)Cc1ccc(F)cc1F. The van der Waals surface area contributed by atoms with Gasteiger partial charge in [0.1, 0.15) is 11.6 Å². The van der Waals surface area contributed by atoms with Crippen molar-refractivity contribution < 1.29 is 8.78 Å². The Kier molecular flexibility index (Phi) is 5.64. The number of aryl methyl sites for hydroxylation is 1. The van der Waals surface area contributed by atoms with Gasteiger partial charge in [-0.1, -0.05) is 12.1 Å². The number of benzene rings is 1. The van der Waals surface area contributed by atoms with Crippen molar-refractivity contribution in [3.8, 4) is 0 Å². The number of rotatable bonds is 7. The van der Waals surface area contributed by atoms with Gasteiger partial charge >= 0.3 is 0 Å². The minimum atomic E-state index is -0.554. The van der Waals surface area contributed by atoms with Crippen molar-refractivity contribution in [2.75, 3.05) is 0 Å². The molecular weight excluding hydrogens is 278 g/mol. The fraction of sp³-hybridized carbons (Fsp3) is 0.333. The summed E-state index contributed by atoms with van der Waals surface area (Å²) in [6.07, 6.45) is 3.30. The van der Waals surface area contributed by atoms with Gasteiger partial charge in [0.25, 0.3) is 0 Å². The topological polar surface area (TPSA) is 38.0 Å². The van der Waals surface area contributed by atoms with Gasteiger partial charge in [0.15, 0.2) is 0 Å². The summed E-state index contributed by atoms with van der Waals surface area (Å²) < 4.78 is 26.4. The quantitative estimate of drug-likeness (QED) is 0.607. The molecule has 0 aliphatic heterocycles. The first-order valence-corrected chi connectivity index (χ1v) is 7.49. The smallest absolute Gasteiger partial charge is 0.129 e. The maximum atomic E-state index is 13.6. The number of nitrogens with two attached hydrogens (primary N) is 1. The van der Waals surface area contributed by atoms with Gasteiger partial charge in [0, 0.05) is 17.0 Å². The highest BCUT2D eigenvalue weighted by atomic mass is 32.1. The summed E-state index contributed by atoms with van der Waals surface area (Å²) >= 11 is 1.74. The highest BCUT2D eigenvalue weighted by Gasteiger charge is 2.11. The number of thiophene rings is 1. The molecule has 3 N–H and O–H groups in total. The number of hydrazine groups is 1. The van der Waals surface area contributed by atoms with E-state index in [-0.39, 0.29) is 6.04 Å². The second-order valence-electron chi connectivity index (χ2n) is 4.78. The van der Waals surface area contributed by atoms with Crippen molar-refractivity contribution in [3.63, 3.8) is 0 Å². The Balaban J connectivity index is 1.85. The number of nitrogens with one attached hydrogen (secondary N) is 1. The molecule has 0 saturated carbocycles. The van der Waals surface area contributed by atoms with Gasteiger partial charge in [0.05, 0.1) is 0 Å². The summed E-state index contributed by atoms with van der Waals surface area (Å²) in [5, 5.41) is 2.06. The molecule has 5 heteroatoms. The van der Waals surface area contributed by atoms with Crippen LogP contribution >= 0.6 is 11.3 Å². The minimum absolute atomic E-state index is 0.00470. The van der Waals surface area contributed by atoms with Crippen LogP contribution in [0.3, 0.4) is 0 Å². The van der Waals surface area contributed by atoms with E-state index in [1.165, 1.54) is 17.0 Å². The van der Waals surface area contributed by atoms with E-state index in [9.17, 15) is 8.78 Å². The van der Waals surface area contributed by atoms with Crippen molar-refractivity contribution in [3.05, 3.63) is 57.8 Å². The lowest BCUT2D eigenvalue weighted by Gasteiger charge is -2.16. The van der Waals surface area contributed by atoms with Crippen LogP contribution in [0.5, 0.6) is 0 Å².